The van der Waals surface area contributed by atoms with E-state index in [0.29, 0.717) is 0 Å². The van der Waals surface area contributed by atoms with Gasteiger partial charge in [-0.2, -0.15) is 0 Å². The topological polar surface area (TPSA) is 69.2 Å². The maximum Gasteiger partial charge on any atom is 0.269 e. The molecule has 2 N–H and O–H groups in total. The fourth-order valence-corrected chi connectivity index (χ4v) is 1.23. The quantitative estimate of drug-likeness (QED) is 0.591. The molecule has 14 heavy (non-hydrogen) atoms. The minimum atomic E-state index is -0.391. The Balaban J connectivity index is 2.99. The zero-order valence-corrected chi connectivity index (χ0v) is 8.31. The second-order valence-electron chi connectivity index (χ2n) is 3.50. The van der Waals surface area contributed by atoms with Gasteiger partial charge in [-0.1, -0.05) is 19.1 Å². The number of benzene rings is 1. The van der Waals surface area contributed by atoms with Gasteiger partial charge in [-0.05, 0) is 18.4 Å². The average molecular weight is 194 g/mol. The first-order valence-corrected chi connectivity index (χ1v) is 4.52. The van der Waals surface area contributed by atoms with E-state index in [1.807, 2.05) is 19.9 Å². The van der Waals surface area contributed by atoms with E-state index in [1.165, 1.54) is 6.07 Å². The predicted molar refractivity (Wildman–Crippen MR) is 55.2 cm³/mol. The van der Waals surface area contributed by atoms with Crippen LogP contribution in [0.15, 0.2) is 24.3 Å². The number of non-ortho nitro benzene ring substituents is 1. The number of nitrogens with zero attached hydrogens (tertiary/aromatic N) is 1. The molecular formula is C10H14N2O2. The van der Waals surface area contributed by atoms with Crippen molar-refractivity contribution in [2.75, 3.05) is 0 Å². The number of nitrogens with two attached hydrogens (primary N) is 1. The van der Waals surface area contributed by atoms with Crippen molar-refractivity contribution in [1.82, 2.24) is 0 Å². The van der Waals surface area contributed by atoms with Crippen LogP contribution in [0, 0.1) is 10.1 Å². The zero-order valence-electron chi connectivity index (χ0n) is 8.31. The summed E-state index contributed by atoms with van der Waals surface area (Å²) in [7, 11) is 0. The first-order valence-electron chi connectivity index (χ1n) is 4.52. The minimum absolute atomic E-state index is 0.00277. The van der Waals surface area contributed by atoms with Crippen molar-refractivity contribution >= 4 is 5.69 Å². The van der Waals surface area contributed by atoms with E-state index in [4.69, 9.17) is 5.73 Å². The van der Waals surface area contributed by atoms with Gasteiger partial charge in [-0.3, -0.25) is 10.1 Å². The van der Waals surface area contributed by atoms with Crippen molar-refractivity contribution in [3.8, 4) is 0 Å². The SMILES string of the molecule is CC(N)C(C)c1cccc([N+](=O)[O-])c1. The summed E-state index contributed by atoms with van der Waals surface area (Å²) in [5, 5.41) is 10.5. The lowest BCUT2D eigenvalue weighted by Crippen LogP contribution is -2.22. The number of hydrogen-bond acceptors (Lipinski definition) is 3. The Morgan fingerprint density at radius 2 is 2.07 bits per heavy atom. The Kier molecular flexibility index (Phi) is 3.19. The van der Waals surface area contributed by atoms with Crippen LogP contribution in [0.4, 0.5) is 5.69 Å². The Morgan fingerprint density at radius 3 is 2.57 bits per heavy atom. The summed E-state index contributed by atoms with van der Waals surface area (Å²) < 4.78 is 0. The lowest BCUT2D eigenvalue weighted by molar-refractivity contribution is -0.384. The second kappa shape index (κ2) is 4.19. The molecule has 0 fully saturated rings. The first-order chi connectivity index (χ1) is 6.52. The molecule has 0 amide bonds. The number of rotatable bonds is 3. The number of nitro groups is 1. The molecule has 0 aliphatic heterocycles. The van der Waals surface area contributed by atoms with Gasteiger partial charge in [0.2, 0.25) is 0 Å². The van der Waals surface area contributed by atoms with E-state index in [9.17, 15) is 10.1 Å². The zero-order chi connectivity index (χ0) is 10.7. The molecule has 1 rings (SSSR count). The molecule has 76 valence electrons. The number of nitro benzene ring substituents is 1. The summed E-state index contributed by atoms with van der Waals surface area (Å²) >= 11 is 0. The lowest BCUT2D eigenvalue weighted by Gasteiger charge is -2.15. The molecular weight excluding hydrogens is 180 g/mol. The lowest BCUT2D eigenvalue weighted by atomic mass is 9.95. The monoisotopic (exact) mass is 194 g/mol. The van der Waals surface area contributed by atoms with Crippen molar-refractivity contribution in [2.24, 2.45) is 5.73 Å². The van der Waals surface area contributed by atoms with Crippen LogP contribution < -0.4 is 5.73 Å². The largest absolute Gasteiger partial charge is 0.327 e. The van der Waals surface area contributed by atoms with E-state index in [0.717, 1.165) is 5.56 Å². The van der Waals surface area contributed by atoms with Crippen molar-refractivity contribution < 1.29 is 4.92 Å². The van der Waals surface area contributed by atoms with Crippen LogP contribution in [0.5, 0.6) is 0 Å². The van der Waals surface area contributed by atoms with E-state index in [2.05, 4.69) is 0 Å². The van der Waals surface area contributed by atoms with E-state index in [-0.39, 0.29) is 17.6 Å². The highest BCUT2D eigenvalue weighted by molar-refractivity contribution is 5.36. The van der Waals surface area contributed by atoms with Crippen LogP contribution in [0.3, 0.4) is 0 Å². The van der Waals surface area contributed by atoms with Crippen LogP contribution in [0.2, 0.25) is 0 Å². The molecule has 0 aliphatic rings. The third kappa shape index (κ3) is 2.29. The van der Waals surface area contributed by atoms with Gasteiger partial charge >= 0.3 is 0 Å². The summed E-state index contributed by atoms with van der Waals surface area (Å²) in [5.74, 6) is 0.134. The average Bonchev–Trinajstić information content (AvgIpc) is 2.16. The highest BCUT2D eigenvalue weighted by Crippen LogP contribution is 2.22. The summed E-state index contributed by atoms with van der Waals surface area (Å²) in [6.07, 6.45) is 0. The van der Waals surface area contributed by atoms with Crippen LogP contribution in [0.25, 0.3) is 0 Å². The summed E-state index contributed by atoms with van der Waals surface area (Å²) in [4.78, 5) is 10.1. The highest BCUT2D eigenvalue weighted by Gasteiger charge is 2.13. The van der Waals surface area contributed by atoms with Crippen molar-refractivity contribution in [2.45, 2.75) is 25.8 Å². The third-order valence-electron chi connectivity index (χ3n) is 2.40. The molecule has 0 radical (unpaired) electrons. The van der Waals surface area contributed by atoms with Gasteiger partial charge in [0.05, 0.1) is 4.92 Å². The van der Waals surface area contributed by atoms with Gasteiger partial charge in [-0.15, -0.1) is 0 Å². The molecule has 2 atom stereocenters. The Morgan fingerprint density at radius 1 is 1.43 bits per heavy atom. The van der Waals surface area contributed by atoms with Crippen LogP contribution in [0.1, 0.15) is 25.3 Å². The molecule has 4 nitrogen and oxygen atoms in total. The standard InChI is InChI=1S/C10H14N2O2/c1-7(8(2)11)9-4-3-5-10(6-9)12(13)14/h3-8H,11H2,1-2H3. The van der Waals surface area contributed by atoms with Gasteiger partial charge in [0.15, 0.2) is 0 Å². The van der Waals surface area contributed by atoms with E-state index >= 15 is 0 Å². The van der Waals surface area contributed by atoms with Crippen LogP contribution >= 0.6 is 0 Å². The molecule has 0 heterocycles. The molecule has 0 spiro atoms. The fraction of sp³-hybridized carbons (Fsp3) is 0.400. The smallest absolute Gasteiger partial charge is 0.269 e. The third-order valence-corrected chi connectivity index (χ3v) is 2.40. The van der Waals surface area contributed by atoms with Crippen LogP contribution in [-0.2, 0) is 0 Å². The van der Waals surface area contributed by atoms with Gasteiger partial charge in [0.1, 0.15) is 0 Å². The summed E-state index contributed by atoms with van der Waals surface area (Å²) in [5.41, 5.74) is 6.76. The second-order valence-corrected chi connectivity index (χ2v) is 3.50. The molecule has 0 aliphatic carbocycles. The Bertz CT molecular complexity index is 337. The van der Waals surface area contributed by atoms with Crippen molar-refractivity contribution in [3.05, 3.63) is 39.9 Å². The predicted octanol–water partition coefficient (Wildman–Crippen LogP) is 2.05. The van der Waals surface area contributed by atoms with Gasteiger partial charge in [0, 0.05) is 18.2 Å². The summed E-state index contributed by atoms with van der Waals surface area (Å²) in [6, 6.07) is 6.61. The van der Waals surface area contributed by atoms with E-state index in [1.54, 1.807) is 12.1 Å². The summed E-state index contributed by atoms with van der Waals surface area (Å²) in [6.45, 7) is 3.85. The fourth-order valence-electron chi connectivity index (χ4n) is 1.23. The molecule has 4 heteroatoms. The normalized spacial score (nSPS) is 14.8. The molecule has 0 saturated carbocycles. The Hall–Kier alpha value is -1.42. The van der Waals surface area contributed by atoms with E-state index < -0.39 is 4.92 Å². The van der Waals surface area contributed by atoms with Gasteiger partial charge < -0.3 is 5.73 Å². The molecule has 0 saturated heterocycles. The Labute approximate surface area is 82.9 Å². The van der Waals surface area contributed by atoms with Crippen molar-refractivity contribution in [3.63, 3.8) is 0 Å². The van der Waals surface area contributed by atoms with Gasteiger partial charge in [-0.25, -0.2) is 0 Å². The molecule has 0 aromatic heterocycles. The van der Waals surface area contributed by atoms with Crippen LogP contribution in [-0.4, -0.2) is 11.0 Å². The van der Waals surface area contributed by atoms with Crippen molar-refractivity contribution in [1.29, 1.82) is 0 Å². The molecule has 0 bridgehead atoms. The first kappa shape index (κ1) is 10.7. The molecule has 1 aromatic carbocycles. The minimum Gasteiger partial charge on any atom is -0.327 e. The molecule has 1 aromatic rings. The maximum absolute atomic E-state index is 10.5. The van der Waals surface area contributed by atoms with Gasteiger partial charge in [0.25, 0.3) is 5.69 Å². The number of hydrogen-bond donors (Lipinski definition) is 1. The highest BCUT2D eigenvalue weighted by atomic mass is 16.6. The maximum atomic E-state index is 10.5. The molecule has 2 unspecified atom stereocenters.